The van der Waals surface area contributed by atoms with Crippen molar-refractivity contribution in [1.29, 1.82) is 0 Å². The zero-order chi connectivity index (χ0) is 14.9. The molecule has 0 fully saturated rings. The van der Waals surface area contributed by atoms with Crippen LogP contribution in [0.4, 0.5) is 11.4 Å². The Morgan fingerprint density at radius 3 is 2.80 bits per heavy atom. The van der Waals surface area contributed by atoms with Gasteiger partial charge in [0.2, 0.25) is 5.91 Å². The van der Waals surface area contributed by atoms with Crippen molar-refractivity contribution in [3.8, 4) is 0 Å². The molecule has 2 rings (SSSR count). The Labute approximate surface area is 126 Å². The van der Waals surface area contributed by atoms with Gasteiger partial charge in [0.15, 0.2) is 0 Å². The molecule has 1 aromatic rings. The minimum absolute atomic E-state index is 0.0358. The average molecular weight is 341 g/mol. The number of aryl methyl sites for hydroxylation is 1. The first-order valence-corrected chi connectivity index (χ1v) is 7.23. The standard InChI is InChI=1S/C14H17BrN2O3/c1-9-7-10(15)14-11(8-9)17(6-4-13(19)20)5-3-12(18)16(14)2/h7-8H,3-6H2,1-2H3,(H,19,20). The van der Waals surface area contributed by atoms with Crippen LogP contribution < -0.4 is 9.80 Å². The highest BCUT2D eigenvalue weighted by atomic mass is 79.9. The third-order valence-corrected chi connectivity index (χ3v) is 4.03. The number of rotatable bonds is 3. The first-order chi connectivity index (χ1) is 9.40. The molecule has 0 bridgehead atoms. The molecule has 6 heteroatoms. The Morgan fingerprint density at radius 2 is 2.15 bits per heavy atom. The minimum Gasteiger partial charge on any atom is -0.481 e. The van der Waals surface area contributed by atoms with Gasteiger partial charge in [-0.05, 0) is 40.5 Å². The summed E-state index contributed by atoms with van der Waals surface area (Å²) in [5, 5.41) is 8.86. The number of anilines is 2. The molecule has 0 aromatic heterocycles. The molecular weight excluding hydrogens is 324 g/mol. The predicted octanol–water partition coefficient (Wildman–Crippen LogP) is 2.41. The van der Waals surface area contributed by atoms with Crippen molar-refractivity contribution in [3.05, 3.63) is 22.2 Å². The zero-order valence-corrected chi connectivity index (χ0v) is 13.1. The van der Waals surface area contributed by atoms with Crippen LogP contribution in [0.2, 0.25) is 0 Å². The molecular formula is C14H17BrN2O3. The summed E-state index contributed by atoms with van der Waals surface area (Å²) >= 11 is 3.51. The number of hydrogen-bond acceptors (Lipinski definition) is 3. The number of benzene rings is 1. The number of amides is 1. The van der Waals surface area contributed by atoms with Crippen LogP contribution in [0.5, 0.6) is 0 Å². The zero-order valence-electron chi connectivity index (χ0n) is 11.5. The summed E-state index contributed by atoms with van der Waals surface area (Å²) in [7, 11) is 1.75. The smallest absolute Gasteiger partial charge is 0.305 e. The van der Waals surface area contributed by atoms with E-state index in [-0.39, 0.29) is 12.3 Å². The van der Waals surface area contributed by atoms with Gasteiger partial charge in [0.05, 0.1) is 17.8 Å². The summed E-state index contributed by atoms with van der Waals surface area (Å²) in [5.41, 5.74) is 2.79. The molecule has 1 amide bonds. The average Bonchev–Trinajstić information content (AvgIpc) is 2.46. The van der Waals surface area contributed by atoms with E-state index in [1.807, 2.05) is 24.0 Å². The molecule has 1 aromatic carbocycles. The van der Waals surface area contributed by atoms with Gasteiger partial charge >= 0.3 is 5.97 Å². The molecule has 0 spiro atoms. The third-order valence-electron chi connectivity index (χ3n) is 3.43. The van der Waals surface area contributed by atoms with E-state index in [0.717, 1.165) is 21.4 Å². The van der Waals surface area contributed by atoms with E-state index in [2.05, 4.69) is 15.9 Å². The molecule has 0 unspecified atom stereocenters. The Balaban J connectivity index is 2.46. The highest BCUT2D eigenvalue weighted by Gasteiger charge is 2.26. The maximum absolute atomic E-state index is 12.1. The van der Waals surface area contributed by atoms with Crippen LogP contribution in [0, 0.1) is 6.92 Å². The molecule has 0 saturated carbocycles. The Morgan fingerprint density at radius 1 is 1.45 bits per heavy atom. The molecule has 1 N–H and O–H groups in total. The Bertz CT molecular complexity index is 560. The van der Waals surface area contributed by atoms with E-state index in [9.17, 15) is 9.59 Å². The molecule has 108 valence electrons. The van der Waals surface area contributed by atoms with Crippen molar-refractivity contribution in [1.82, 2.24) is 0 Å². The van der Waals surface area contributed by atoms with Crippen molar-refractivity contribution >= 4 is 39.2 Å². The van der Waals surface area contributed by atoms with Crippen LogP contribution >= 0.6 is 15.9 Å². The fourth-order valence-corrected chi connectivity index (χ4v) is 3.23. The van der Waals surface area contributed by atoms with Gasteiger partial charge in [0.25, 0.3) is 0 Å². The van der Waals surface area contributed by atoms with Crippen LogP contribution in [-0.4, -0.2) is 37.1 Å². The van der Waals surface area contributed by atoms with Crippen molar-refractivity contribution in [2.75, 3.05) is 29.9 Å². The van der Waals surface area contributed by atoms with Crippen molar-refractivity contribution < 1.29 is 14.7 Å². The number of carboxylic acid groups (broad SMARTS) is 1. The lowest BCUT2D eigenvalue weighted by Crippen LogP contribution is -2.27. The van der Waals surface area contributed by atoms with Crippen LogP contribution in [-0.2, 0) is 9.59 Å². The normalized spacial score (nSPS) is 15.1. The molecule has 0 saturated heterocycles. The van der Waals surface area contributed by atoms with Crippen LogP contribution in [0.25, 0.3) is 0 Å². The van der Waals surface area contributed by atoms with E-state index in [1.54, 1.807) is 11.9 Å². The number of fused-ring (bicyclic) bond motifs is 1. The van der Waals surface area contributed by atoms with Gasteiger partial charge < -0.3 is 14.9 Å². The second kappa shape index (κ2) is 5.83. The number of nitrogens with zero attached hydrogens (tertiary/aromatic N) is 2. The third kappa shape index (κ3) is 2.95. The van der Waals surface area contributed by atoms with E-state index in [1.165, 1.54) is 0 Å². The SMILES string of the molecule is Cc1cc(Br)c2c(c1)N(CCC(=O)O)CCC(=O)N2C. The predicted molar refractivity (Wildman–Crippen MR) is 81.4 cm³/mol. The number of carboxylic acids is 1. The lowest BCUT2D eigenvalue weighted by molar-refractivity contribution is -0.136. The van der Waals surface area contributed by atoms with Gasteiger partial charge in [-0.2, -0.15) is 0 Å². The molecule has 20 heavy (non-hydrogen) atoms. The number of carbonyl (C=O) groups excluding carboxylic acids is 1. The van der Waals surface area contributed by atoms with E-state index in [0.29, 0.717) is 19.5 Å². The lowest BCUT2D eigenvalue weighted by Gasteiger charge is -2.26. The summed E-state index contributed by atoms with van der Waals surface area (Å²) in [6.45, 7) is 2.92. The molecule has 1 aliphatic rings. The van der Waals surface area contributed by atoms with E-state index in [4.69, 9.17) is 5.11 Å². The monoisotopic (exact) mass is 340 g/mol. The maximum Gasteiger partial charge on any atom is 0.305 e. The molecule has 1 aliphatic heterocycles. The van der Waals surface area contributed by atoms with Crippen molar-refractivity contribution in [2.45, 2.75) is 19.8 Å². The number of aliphatic carboxylic acids is 1. The first kappa shape index (κ1) is 14.8. The van der Waals surface area contributed by atoms with E-state index >= 15 is 0 Å². The van der Waals surface area contributed by atoms with Crippen LogP contribution in [0.1, 0.15) is 18.4 Å². The topological polar surface area (TPSA) is 60.9 Å². The summed E-state index contributed by atoms with van der Waals surface area (Å²) < 4.78 is 0.852. The van der Waals surface area contributed by atoms with Gasteiger partial charge in [-0.1, -0.05) is 0 Å². The lowest BCUT2D eigenvalue weighted by atomic mass is 10.1. The first-order valence-electron chi connectivity index (χ1n) is 6.43. The second-order valence-corrected chi connectivity index (χ2v) is 5.80. The number of carbonyl (C=O) groups is 2. The molecule has 5 nitrogen and oxygen atoms in total. The molecule has 0 aliphatic carbocycles. The quantitative estimate of drug-likeness (QED) is 0.917. The summed E-state index contributed by atoms with van der Waals surface area (Å²) in [6.07, 6.45) is 0.444. The summed E-state index contributed by atoms with van der Waals surface area (Å²) in [4.78, 5) is 26.5. The summed E-state index contributed by atoms with van der Waals surface area (Å²) in [6, 6.07) is 3.96. The minimum atomic E-state index is -0.831. The van der Waals surface area contributed by atoms with Gasteiger partial charge in [0.1, 0.15) is 0 Å². The number of halogens is 1. The largest absolute Gasteiger partial charge is 0.481 e. The van der Waals surface area contributed by atoms with Gasteiger partial charge in [-0.3, -0.25) is 9.59 Å². The van der Waals surface area contributed by atoms with Gasteiger partial charge in [-0.25, -0.2) is 0 Å². The number of hydrogen-bond donors (Lipinski definition) is 1. The summed E-state index contributed by atoms with van der Waals surface area (Å²) in [5.74, 6) is -0.796. The molecule has 1 heterocycles. The second-order valence-electron chi connectivity index (χ2n) is 4.95. The Kier molecular flexibility index (Phi) is 4.32. The van der Waals surface area contributed by atoms with Crippen LogP contribution in [0.15, 0.2) is 16.6 Å². The van der Waals surface area contributed by atoms with Crippen LogP contribution in [0.3, 0.4) is 0 Å². The Hall–Kier alpha value is -1.56. The molecule has 0 atom stereocenters. The van der Waals surface area contributed by atoms with Gasteiger partial charge in [-0.15, -0.1) is 0 Å². The highest BCUT2D eigenvalue weighted by Crippen LogP contribution is 2.39. The van der Waals surface area contributed by atoms with Crippen molar-refractivity contribution in [3.63, 3.8) is 0 Å². The fourth-order valence-electron chi connectivity index (χ4n) is 2.40. The maximum atomic E-state index is 12.1. The van der Waals surface area contributed by atoms with E-state index < -0.39 is 5.97 Å². The molecule has 0 radical (unpaired) electrons. The highest BCUT2D eigenvalue weighted by molar-refractivity contribution is 9.10. The van der Waals surface area contributed by atoms with Crippen molar-refractivity contribution in [2.24, 2.45) is 0 Å². The van der Waals surface area contributed by atoms with Gasteiger partial charge in [0, 0.05) is 31.0 Å². The fraction of sp³-hybridized carbons (Fsp3) is 0.429.